The van der Waals surface area contributed by atoms with Crippen LogP contribution < -0.4 is 0 Å². The molecule has 0 saturated carbocycles. The van der Waals surface area contributed by atoms with Crippen LogP contribution in [0.15, 0.2) is 24.4 Å². The number of halogens is 1. The monoisotopic (exact) mass is 282 g/mol. The van der Waals surface area contributed by atoms with E-state index >= 15 is 0 Å². The highest BCUT2D eigenvalue weighted by molar-refractivity contribution is 9.09. The van der Waals surface area contributed by atoms with Crippen molar-refractivity contribution in [2.45, 2.75) is 0 Å². The second kappa shape index (κ2) is 4.05. The topological polar surface area (TPSA) is 76.0 Å². The fourth-order valence-corrected chi connectivity index (χ4v) is 1.83. The predicted octanol–water partition coefficient (Wildman–Crippen LogP) is 2.65. The van der Waals surface area contributed by atoms with Gasteiger partial charge in [0, 0.05) is 34.8 Å². The molecule has 2 aromatic rings. The van der Waals surface area contributed by atoms with Crippen molar-refractivity contribution >= 4 is 38.3 Å². The third-order valence-corrected chi connectivity index (χ3v) is 2.81. The van der Waals surface area contributed by atoms with Crippen molar-refractivity contribution in [2.75, 3.05) is 5.33 Å². The largest absolute Gasteiger partial charge is 0.360 e. The van der Waals surface area contributed by atoms with Crippen LogP contribution in [0, 0.1) is 10.1 Å². The van der Waals surface area contributed by atoms with Crippen molar-refractivity contribution in [3.63, 3.8) is 0 Å². The van der Waals surface area contributed by atoms with E-state index in [4.69, 9.17) is 0 Å². The van der Waals surface area contributed by atoms with Crippen LogP contribution >= 0.6 is 15.9 Å². The summed E-state index contributed by atoms with van der Waals surface area (Å²) in [5.41, 5.74) is 1.17. The molecule has 2 rings (SSSR count). The van der Waals surface area contributed by atoms with Crippen LogP contribution in [0.3, 0.4) is 0 Å². The van der Waals surface area contributed by atoms with Gasteiger partial charge in [-0.1, -0.05) is 15.9 Å². The number of alkyl halides is 1. The number of aromatic nitrogens is 1. The number of hydrogen-bond donors (Lipinski definition) is 1. The first-order chi connectivity index (χ1) is 7.63. The Bertz CT molecular complexity index is 576. The Morgan fingerprint density at radius 3 is 2.88 bits per heavy atom. The van der Waals surface area contributed by atoms with E-state index in [9.17, 15) is 14.9 Å². The van der Waals surface area contributed by atoms with Crippen molar-refractivity contribution in [3.8, 4) is 0 Å². The van der Waals surface area contributed by atoms with Gasteiger partial charge in [0.1, 0.15) is 0 Å². The van der Waals surface area contributed by atoms with E-state index in [1.54, 1.807) is 12.3 Å². The van der Waals surface area contributed by atoms with Crippen molar-refractivity contribution in [3.05, 3.63) is 40.1 Å². The molecule has 0 saturated heterocycles. The van der Waals surface area contributed by atoms with Gasteiger partial charge < -0.3 is 4.98 Å². The smallest absolute Gasteiger partial charge is 0.270 e. The molecule has 5 nitrogen and oxygen atoms in total. The van der Waals surface area contributed by atoms with E-state index in [1.807, 2.05) is 0 Å². The first kappa shape index (κ1) is 10.8. The molecule has 0 atom stereocenters. The molecule has 1 aromatic heterocycles. The first-order valence-corrected chi connectivity index (χ1v) is 5.60. The fraction of sp³-hybridized carbons (Fsp3) is 0.100. The Kier molecular flexibility index (Phi) is 2.74. The zero-order valence-corrected chi connectivity index (χ0v) is 9.65. The molecule has 6 heteroatoms. The number of carbonyl (C=O) groups excluding carboxylic acids is 1. The van der Waals surface area contributed by atoms with Gasteiger partial charge in [-0.15, -0.1) is 0 Å². The lowest BCUT2D eigenvalue weighted by atomic mass is 10.1. The number of ketones is 1. The highest BCUT2D eigenvalue weighted by Crippen LogP contribution is 2.24. The van der Waals surface area contributed by atoms with Gasteiger partial charge in [-0.2, -0.15) is 0 Å². The molecular formula is C10H7BrN2O3. The molecule has 0 unspecified atom stereocenters. The van der Waals surface area contributed by atoms with Crippen LogP contribution in [0.5, 0.6) is 0 Å². The number of fused-ring (bicyclic) bond motifs is 1. The van der Waals surface area contributed by atoms with Crippen molar-refractivity contribution < 1.29 is 9.72 Å². The second-order valence-corrected chi connectivity index (χ2v) is 3.81. The number of rotatable bonds is 3. The maximum Gasteiger partial charge on any atom is 0.270 e. The SMILES string of the molecule is O=C(CBr)c1c[nH]c2ccc([N+](=O)[O-])cc12. The van der Waals surface area contributed by atoms with E-state index in [1.165, 1.54) is 12.1 Å². The second-order valence-electron chi connectivity index (χ2n) is 3.25. The van der Waals surface area contributed by atoms with Crippen LogP contribution in [0.25, 0.3) is 10.9 Å². The van der Waals surface area contributed by atoms with Gasteiger partial charge in [0.25, 0.3) is 5.69 Å². The summed E-state index contributed by atoms with van der Waals surface area (Å²) in [4.78, 5) is 24.6. The Morgan fingerprint density at radius 2 is 2.25 bits per heavy atom. The van der Waals surface area contributed by atoms with Crippen LogP contribution in [-0.4, -0.2) is 21.0 Å². The summed E-state index contributed by atoms with van der Waals surface area (Å²) in [5.74, 6) is -0.105. The lowest BCUT2D eigenvalue weighted by Gasteiger charge is -1.95. The Balaban J connectivity index is 2.64. The molecule has 0 fully saturated rings. The maximum atomic E-state index is 11.5. The third kappa shape index (κ3) is 1.71. The lowest BCUT2D eigenvalue weighted by Crippen LogP contribution is -1.98. The minimum absolute atomic E-state index is 0.0178. The minimum atomic E-state index is -0.477. The number of hydrogen-bond acceptors (Lipinski definition) is 3. The Hall–Kier alpha value is -1.69. The summed E-state index contributed by atoms with van der Waals surface area (Å²) in [7, 11) is 0. The highest BCUT2D eigenvalue weighted by atomic mass is 79.9. The Morgan fingerprint density at radius 1 is 1.50 bits per heavy atom. The van der Waals surface area contributed by atoms with Gasteiger partial charge in [0.15, 0.2) is 5.78 Å². The third-order valence-electron chi connectivity index (χ3n) is 2.30. The van der Waals surface area contributed by atoms with Crippen LogP contribution in [0.4, 0.5) is 5.69 Å². The average Bonchev–Trinajstić information content (AvgIpc) is 2.70. The molecule has 16 heavy (non-hydrogen) atoms. The van der Waals surface area contributed by atoms with E-state index in [0.29, 0.717) is 10.9 Å². The summed E-state index contributed by atoms with van der Waals surface area (Å²) in [6.45, 7) is 0. The fourth-order valence-electron chi connectivity index (χ4n) is 1.52. The molecule has 0 spiro atoms. The van der Waals surface area contributed by atoms with Gasteiger partial charge in [0.2, 0.25) is 0 Å². The van der Waals surface area contributed by atoms with E-state index in [-0.39, 0.29) is 16.8 Å². The van der Waals surface area contributed by atoms with Gasteiger partial charge in [-0.05, 0) is 6.07 Å². The van der Waals surface area contributed by atoms with Crippen LogP contribution in [0.2, 0.25) is 0 Å². The van der Waals surface area contributed by atoms with Gasteiger partial charge >= 0.3 is 0 Å². The zero-order valence-electron chi connectivity index (χ0n) is 8.07. The number of Topliss-reactive ketones (excluding diaryl/α,β-unsaturated/α-hetero) is 1. The van der Waals surface area contributed by atoms with Gasteiger partial charge in [-0.25, -0.2) is 0 Å². The molecule has 1 N–H and O–H groups in total. The molecule has 0 bridgehead atoms. The molecule has 0 amide bonds. The number of non-ortho nitro benzene ring substituents is 1. The van der Waals surface area contributed by atoms with E-state index in [0.717, 1.165) is 5.52 Å². The van der Waals surface area contributed by atoms with Crippen molar-refractivity contribution in [1.82, 2.24) is 4.98 Å². The lowest BCUT2D eigenvalue weighted by molar-refractivity contribution is -0.384. The number of nitro groups is 1. The molecule has 82 valence electrons. The number of H-pyrrole nitrogens is 1. The minimum Gasteiger partial charge on any atom is -0.360 e. The predicted molar refractivity (Wildman–Crippen MR) is 63.1 cm³/mol. The quantitative estimate of drug-likeness (QED) is 0.407. The molecule has 0 aliphatic heterocycles. The summed E-state index contributed by atoms with van der Waals surface area (Å²) in [5, 5.41) is 11.4. The number of aromatic amines is 1. The number of nitro benzene ring substituents is 1. The van der Waals surface area contributed by atoms with E-state index < -0.39 is 4.92 Å². The average molecular weight is 283 g/mol. The molecule has 0 aliphatic carbocycles. The highest BCUT2D eigenvalue weighted by Gasteiger charge is 2.14. The first-order valence-electron chi connectivity index (χ1n) is 4.48. The molecule has 1 heterocycles. The summed E-state index contributed by atoms with van der Waals surface area (Å²) in [6, 6.07) is 4.40. The van der Waals surface area contributed by atoms with Gasteiger partial charge in [0.05, 0.1) is 10.3 Å². The molecule has 1 aromatic carbocycles. The molecule has 0 radical (unpaired) electrons. The molecule has 0 aliphatic rings. The summed E-state index contributed by atoms with van der Waals surface area (Å²) >= 11 is 3.07. The zero-order chi connectivity index (χ0) is 11.7. The number of benzene rings is 1. The summed E-state index contributed by atoms with van der Waals surface area (Å²) < 4.78 is 0. The molecular weight excluding hydrogens is 276 g/mol. The Labute approximate surface area is 98.7 Å². The number of carbonyl (C=O) groups is 1. The number of nitrogens with zero attached hydrogens (tertiary/aromatic N) is 1. The maximum absolute atomic E-state index is 11.5. The van der Waals surface area contributed by atoms with Crippen LogP contribution in [-0.2, 0) is 0 Å². The van der Waals surface area contributed by atoms with Crippen LogP contribution in [0.1, 0.15) is 10.4 Å². The standard InChI is InChI=1S/C10H7BrN2O3/c11-4-10(14)8-5-12-9-2-1-6(13(15)16)3-7(8)9/h1-3,5,12H,4H2. The van der Waals surface area contributed by atoms with Crippen molar-refractivity contribution in [1.29, 1.82) is 0 Å². The van der Waals surface area contributed by atoms with Crippen molar-refractivity contribution in [2.24, 2.45) is 0 Å². The normalized spacial score (nSPS) is 10.6. The van der Waals surface area contributed by atoms with E-state index in [2.05, 4.69) is 20.9 Å². The number of nitrogens with one attached hydrogen (secondary N) is 1. The van der Waals surface area contributed by atoms with Gasteiger partial charge in [-0.3, -0.25) is 14.9 Å². The summed E-state index contributed by atoms with van der Waals surface area (Å²) in [6.07, 6.45) is 1.57.